The molecular weight excluding hydrogens is 540 g/mol. The maximum absolute atomic E-state index is 14.8. The first kappa shape index (κ1) is 27.1. The molecule has 2 aromatic rings. The van der Waals surface area contributed by atoms with Crippen LogP contribution in [-0.4, -0.2) is 38.4 Å². The number of allylic oxidation sites excluding steroid dienone is 1. The molecule has 4 rings (SSSR count). The van der Waals surface area contributed by atoms with E-state index in [-0.39, 0.29) is 23.2 Å². The summed E-state index contributed by atoms with van der Waals surface area (Å²) in [6, 6.07) is 6.26. The van der Waals surface area contributed by atoms with E-state index < -0.39 is 39.4 Å². The molecule has 1 fully saturated rings. The summed E-state index contributed by atoms with van der Waals surface area (Å²) < 4.78 is 87.1. The fourth-order valence-electron chi connectivity index (χ4n) is 4.04. The number of carbonyl (C=O) groups excluding carboxylic acids is 1. The first-order valence-corrected chi connectivity index (χ1v) is 13.6. The van der Waals surface area contributed by atoms with Crippen LogP contribution < -0.4 is 14.2 Å². The average molecular weight is 563 g/mol. The monoisotopic (exact) mass is 562 g/mol. The largest absolute Gasteiger partial charge is 0.573 e. The van der Waals surface area contributed by atoms with Crippen LogP contribution in [-0.2, 0) is 16.6 Å². The van der Waals surface area contributed by atoms with Crippen LogP contribution in [0.4, 0.5) is 17.6 Å². The second-order valence-corrected chi connectivity index (χ2v) is 11.1. The van der Waals surface area contributed by atoms with Gasteiger partial charge in [-0.25, -0.2) is 17.5 Å². The molecule has 1 amide bonds. The van der Waals surface area contributed by atoms with E-state index in [4.69, 9.17) is 16.3 Å². The van der Waals surface area contributed by atoms with Gasteiger partial charge in [0, 0.05) is 36.8 Å². The molecular formula is C24H23ClF4N2O5S. The minimum absolute atomic E-state index is 0.0548. The molecule has 1 heterocycles. The SMILES string of the molecule is CS(=O)(=O)NC(=O)c1cc(C2CC2)c(OC2=CN(Cc3cc(Cl)cc(OC(F)(F)F)c3)CCC2)cc1F. The van der Waals surface area contributed by atoms with Crippen LogP contribution in [0.2, 0.25) is 5.02 Å². The van der Waals surface area contributed by atoms with Gasteiger partial charge in [-0.1, -0.05) is 11.6 Å². The molecule has 0 bridgehead atoms. The van der Waals surface area contributed by atoms with Crippen molar-refractivity contribution in [3.63, 3.8) is 0 Å². The van der Waals surface area contributed by atoms with E-state index in [1.807, 2.05) is 4.90 Å². The van der Waals surface area contributed by atoms with Gasteiger partial charge in [0.1, 0.15) is 23.1 Å². The lowest BCUT2D eigenvalue weighted by molar-refractivity contribution is -0.274. The van der Waals surface area contributed by atoms with E-state index in [2.05, 4.69) is 4.74 Å². The lowest BCUT2D eigenvalue weighted by Gasteiger charge is -2.27. The highest BCUT2D eigenvalue weighted by molar-refractivity contribution is 7.89. The molecule has 1 aliphatic carbocycles. The van der Waals surface area contributed by atoms with Crippen molar-refractivity contribution in [1.82, 2.24) is 9.62 Å². The van der Waals surface area contributed by atoms with Gasteiger partial charge in [-0.05, 0) is 60.6 Å². The zero-order valence-electron chi connectivity index (χ0n) is 19.6. The molecule has 1 saturated carbocycles. The van der Waals surface area contributed by atoms with Gasteiger partial charge < -0.3 is 14.4 Å². The fourth-order valence-corrected chi connectivity index (χ4v) is 4.74. The molecule has 13 heteroatoms. The molecule has 0 spiro atoms. The quantitative estimate of drug-likeness (QED) is 0.430. The predicted molar refractivity (Wildman–Crippen MR) is 127 cm³/mol. The van der Waals surface area contributed by atoms with Crippen molar-refractivity contribution < 1.29 is 40.2 Å². The molecule has 0 saturated heterocycles. The van der Waals surface area contributed by atoms with Gasteiger partial charge in [0.05, 0.1) is 11.8 Å². The van der Waals surface area contributed by atoms with Crippen LogP contribution in [0, 0.1) is 5.82 Å². The van der Waals surface area contributed by atoms with E-state index in [1.54, 1.807) is 10.9 Å². The van der Waals surface area contributed by atoms with Crippen molar-refractivity contribution in [1.29, 1.82) is 0 Å². The Hall–Kier alpha value is -2.99. The summed E-state index contributed by atoms with van der Waals surface area (Å²) in [7, 11) is -3.87. The van der Waals surface area contributed by atoms with Crippen LogP contribution in [0.1, 0.15) is 53.1 Å². The Balaban J connectivity index is 1.53. The Bertz CT molecular complexity index is 1340. The van der Waals surface area contributed by atoms with Crippen molar-refractivity contribution in [3.05, 3.63) is 69.8 Å². The second-order valence-electron chi connectivity index (χ2n) is 8.96. The van der Waals surface area contributed by atoms with Gasteiger partial charge in [0.15, 0.2) is 0 Å². The van der Waals surface area contributed by atoms with Crippen LogP contribution in [0.25, 0.3) is 0 Å². The molecule has 2 aliphatic rings. The van der Waals surface area contributed by atoms with Crippen molar-refractivity contribution in [2.24, 2.45) is 0 Å². The Kier molecular flexibility index (Phi) is 7.61. The topological polar surface area (TPSA) is 84.9 Å². The molecule has 7 nitrogen and oxygen atoms in total. The highest BCUT2D eigenvalue weighted by atomic mass is 35.5. The first-order valence-electron chi connectivity index (χ1n) is 11.3. The summed E-state index contributed by atoms with van der Waals surface area (Å²) in [4.78, 5) is 14.1. The zero-order valence-corrected chi connectivity index (χ0v) is 21.1. The van der Waals surface area contributed by atoms with Crippen molar-refractivity contribution >= 4 is 27.5 Å². The summed E-state index contributed by atoms with van der Waals surface area (Å²) in [5.41, 5.74) is 0.703. The van der Waals surface area contributed by atoms with Gasteiger partial charge in [-0.2, -0.15) is 0 Å². The van der Waals surface area contributed by atoms with E-state index in [0.29, 0.717) is 36.3 Å². The second kappa shape index (κ2) is 10.4. The molecule has 0 aromatic heterocycles. The van der Waals surface area contributed by atoms with Crippen LogP contribution in [0.3, 0.4) is 0 Å². The molecule has 0 radical (unpaired) electrons. The van der Waals surface area contributed by atoms with Gasteiger partial charge >= 0.3 is 6.36 Å². The van der Waals surface area contributed by atoms with Crippen molar-refractivity contribution in [2.75, 3.05) is 12.8 Å². The highest BCUT2D eigenvalue weighted by Crippen LogP contribution is 2.46. The minimum atomic E-state index is -4.84. The molecule has 0 atom stereocenters. The van der Waals surface area contributed by atoms with Gasteiger partial charge in [-0.15, -0.1) is 13.2 Å². The lowest BCUT2D eigenvalue weighted by atomic mass is 10.0. The lowest BCUT2D eigenvalue weighted by Crippen LogP contribution is -2.30. The number of benzene rings is 2. The predicted octanol–water partition coefficient (Wildman–Crippen LogP) is 5.46. The number of nitrogens with zero attached hydrogens (tertiary/aromatic N) is 1. The number of nitrogens with one attached hydrogen (secondary N) is 1. The van der Waals surface area contributed by atoms with E-state index in [0.717, 1.165) is 31.2 Å². The van der Waals surface area contributed by atoms with Crippen LogP contribution in [0.15, 0.2) is 42.3 Å². The Morgan fingerprint density at radius 3 is 2.57 bits per heavy atom. The molecule has 37 heavy (non-hydrogen) atoms. The standard InChI is InChI=1S/C24H23ClF4N2O5S/c1-37(33,34)30-23(32)20-10-19(15-4-5-15)22(11-21(20)26)35-17-3-2-6-31(13-17)12-14-7-16(25)9-18(8-14)36-24(27,28)29/h7-11,13,15H,2-6,12H2,1H3,(H,30,32). The zero-order chi connectivity index (χ0) is 27.0. The summed E-state index contributed by atoms with van der Waals surface area (Å²) in [6.45, 7) is 0.833. The number of sulfonamides is 1. The maximum atomic E-state index is 14.8. The van der Waals surface area contributed by atoms with Crippen molar-refractivity contribution in [2.45, 2.75) is 44.5 Å². The fraction of sp³-hybridized carbons (Fsp3) is 0.375. The van der Waals surface area contributed by atoms with Crippen LogP contribution in [0.5, 0.6) is 11.5 Å². The number of hydrogen-bond acceptors (Lipinski definition) is 6. The Morgan fingerprint density at radius 1 is 1.19 bits per heavy atom. The summed E-state index contributed by atoms with van der Waals surface area (Å²) in [5, 5.41) is 0.0961. The number of ether oxygens (including phenoxy) is 2. The molecule has 200 valence electrons. The number of halogens is 5. The van der Waals surface area contributed by atoms with E-state index in [9.17, 15) is 30.8 Å². The smallest absolute Gasteiger partial charge is 0.460 e. The number of carbonyl (C=O) groups is 1. The van der Waals surface area contributed by atoms with Gasteiger partial charge in [0.25, 0.3) is 5.91 Å². The average Bonchev–Trinajstić information content (AvgIpc) is 3.56. The van der Waals surface area contributed by atoms with Crippen LogP contribution >= 0.6 is 11.6 Å². The maximum Gasteiger partial charge on any atom is 0.573 e. The molecule has 2 aromatic carbocycles. The molecule has 0 unspecified atom stereocenters. The minimum Gasteiger partial charge on any atom is -0.460 e. The van der Waals surface area contributed by atoms with Gasteiger partial charge in [0.2, 0.25) is 10.0 Å². The normalized spacial score (nSPS) is 16.3. The third kappa shape index (κ3) is 7.75. The van der Waals surface area contributed by atoms with E-state index >= 15 is 0 Å². The van der Waals surface area contributed by atoms with Crippen molar-refractivity contribution in [3.8, 4) is 11.5 Å². The summed E-state index contributed by atoms with van der Waals surface area (Å²) in [6.07, 6.45) is 0.508. The number of alkyl halides is 3. The summed E-state index contributed by atoms with van der Waals surface area (Å²) >= 11 is 5.97. The summed E-state index contributed by atoms with van der Waals surface area (Å²) in [5.74, 6) is -1.62. The van der Waals surface area contributed by atoms with E-state index in [1.165, 1.54) is 18.2 Å². The third-order valence-electron chi connectivity index (χ3n) is 5.63. The Morgan fingerprint density at radius 2 is 1.92 bits per heavy atom. The first-order chi connectivity index (χ1) is 17.3. The third-order valence-corrected chi connectivity index (χ3v) is 6.40. The Labute approximate surface area is 216 Å². The molecule has 1 aliphatic heterocycles. The van der Waals surface area contributed by atoms with Gasteiger partial charge in [-0.3, -0.25) is 4.79 Å². The number of rotatable bonds is 8. The highest BCUT2D eigenvalue weighted by Gasteiger charge is 2.32. The molecule has 1 N–H and O–H groups in total. The number of hydrogen-bond donors (Lipinski definition) is 1. The number of amides is 1.